The van der Waals surface area contributed by atoms with Crippen LogP contribution in [0.2, 0.25) is 0 Å². The van der Waals surface area contributed by atoms with Gasteiger partial charge in [0.25, 0.3) is 0 Å². The topological polar surface area (TPSA) is 55.2 Å². The van der Waals surface area contributed by atoms with Crippen LogP contribution < -0.4 is 4.74 Å². The molecule has 0 aliphatic carbocycles. The lowest BCUT2D eigenvalue weighted by molar-refractivity contribution is 0.188. The third kappa shape index (κ3) is 1.76. The minimum atomic E-state index is -0.691. The zero-order chi connectivity index (χ0) is 10.8. The first-order valence-corrected chi connectivity index (χ1v) is 4.71. The van der Waals surface area contributed by atoms with E-state index >= 15 is 0 Å². The number of ether oxygens (including phenoxy) is 1. The summed E-state index contributed by atoms with van der Waals surface area (Å²) < 4.78 is 5.16. The van der Waals surface area contributed by atoms with Crippen molar-refractivity contribution >= 4 is 10.9 Å². The standard InChI is InChI=1S/C11H12N2O2/c1-7(14)10-12-9-6-4-3-5-8(9)11(13-10)15-2/h3-7,14H,1-2H3. The van der Waals surface area contributed by atoms with Crippen molar-refractivity contribution in [3.8, 4) is 5.88 Å². The van der Waals surface area contributed by atoms with Gasteiger partial charge in [-0.15, -0.1) is 0 Å². The molecule has 0 amide bonds. The molecule has 2 rings (SSSR count). The van der Waals surface area contributed by atoms with Crippen LogP contribution in [-0.2, 0) is 0 Å². The number of aliphatic hydroxyl groups is 1. The largest absolute Gasteiger partial charge is 0.480 e. The lowest BCUT2D eigenvalue weighted by Crippen LogP contribution is -2.02. The summed E-state index contributed by atoms with van der Waals surface area (Å²) in [4.78, 5) is 8.38. The molecule has 4 nitrogen and oxygen atoms in total. The lowest BCUT2D eigenvalue weighted by atomic mass is 10.2. The zero-order valence-electron chi connectivity index (χ0n) is 8.64. The Hall–Kier alpha value is -1.68. The molecule has 0 radical (unpaired) electrons. The summed E-state index contributed by atoms with van der Waals surface area (Å²) >= 11 is 0. The highest BCUT2D eigenvalue weighted by molar-refractivity contribution is 5.83. The fraction of sp³-hybridized carbons (Fsp3) is 0.273. The van der Waals surface area contributed by atoms with E-state index < -0.39 is 6.10 Å². The van der Waals surface area contributed by atoms with Gasteiger partial charge in [-0.3, -0.25) is 0 Å². The number of hydrogen-bond donors (Lipinski definition) is 1. The molecule has 0 aliphatic rings. The molecule has 0 fully saturated rings. The summed E-state index contributed by atoms with van der Waals surface area (Å²) in [6.07, 6.45) is -0.691. The Balaban J connectivity index is 2.71. The van der Waals surface area contributed by atoms with Crippen LogP contribution in [0.25, 0.3) is 10.9 Å². The number of methoxy groups -OCH3 is 1. The SMILES string of the molecule is COc1nc(C(C)O)nc2ccccc12. The molecule has 1 heterocycles. The van der Waals surface area contributed by atoms with Gasteiger partial charge in [-0.1, -0.05) is 12.1 Å². The minimum Gasteiger partial charge on any atom is -0.480 e. The predicted molar refractivity (Wildman–Crippen MR) is 56.7 cm³/mol. The van der Waals surface area contributed by atoms with Gasteiger partial charge >= 0.3 is 0 Å². The molecule has 0 bridgehead atoms. The average Bonchev–Trinajstić information content (AvgIpc) is 2.27. The van der Waals surface area contributed by atoms with E-state index in [1.165, 1.54) is 0 Å². The van der Waals surface area contributed by atoms with Crippen molar-refractivity contribution in [3.63, 3.8) is 0 Å². The molecule has 4 heteroatoms. The maximum atomic E-state index is 9.42. The van der Waals surface area contributed by atoms with E-state index in [0.29, 0.717) is 11.7 Å². The Kier molecular flexibility index (Phi) is 2.51. The third-order valence-corrected chi connectivity index (χ3v) is 2.15. The lowest BCUT2D eigenvalue weighted by Gasteiger charge is -2.08. The van der Waals surface area contributed by atoms with Crippen molar-refractivity contribution in [1.82, 2.24) is 9.97 Å². The fourth-order valence-corrected chi connectivity index (χ4v) is 1.41. The molecule has 0 aliphatic heterocycles. The highest BCUT2D eigenvalue weighted by atomic mass is 16.5. The van der Waals surface area contributed by atoms with Crippen LogP contribution in [-0.4, -0.2) is 22.2 Å². The molecule has 15 heavy (non-hydrogen) atoms. The van der Waals surface area contributed by atoms with E-state index in [1.807, 2.05) is 24.3 Å². The highest BCUT2D eigenvalue weighted by Crippen LogP contribution is 2.23. The summed E-state index contributed by atoms with van der Waals surface area (Å²) in [7, 11) is 1.56. The summed E-state index contributed by atoms with van der Waals surface area (Å²) in [5, 5.41) is 10.3. The minimum absolute atomic E-state index is 0.380. The first kappa shape index (κ1) is 9.86. The number of nitrogens with zero attached hydrogens (tertiary/aromatic N) is 2. The number of aliphatic hydroxyl groups excluding tert-OH is 1. The molecular weight excluding hydrogens is 192 g/mol. The number of para-hydroxylation sites is 1. The maximum Gasteiger partial charge on any atom is 0.224 e. The molecule has 0 saturated heterocycles. The van der Waals surface area contributed by atoms with Gasteiger partial charge in [-0.05, 0) is 19.1 Å². The molecule has 1 N–H and O–H groups in total. The van der Waals surface area contributed by atoms with Gasteiger partial charge in [-0.25, -0.2) is 4.98 Å². The van der Waals surface area contributed by atoms with E-state index in [2.05, 4.69) is 9.97 Å². The zero-order valence-corrected chi connectivity index (χ0v) is 8.64. The second kappa shape index (κ2) is 3.82. The smallest absolute Gasteiger partial charge is 0.224 e. The van der Waals surface area contributed by atoms with Crippen LogP contribution in [0.3, 0.4) is 0 Å². The Morgan fingerprint density at radius 3 is 2.67 bits per heavy atom. The van der Waals surface area contributed by atoms with E-state index in [9.17, 15) is 5.11 Å². The summed E-state index contributed by atoms with van der Waals surface area (Å²) in [5.74, 6) is 0.877. The summed E-state index contributed by atoms with van der Waals surface area (Å²) in [6, 6.07) is 7.54. The van der Waals surface area contributed by atoms with Crippen molar-refractivity contribution in [2.45, 2.75) is 13.0 Å². The molecule has 1 aromatic heterocycles. The number of fused-ring (bicyclic) bond motifs is 1. The average molecular weight is 204 g/mol. The van der Waals surface area contributed by atoms with Gasteiger partial charge in [0, 0.05) is 0 Å². The molecule has 0 spiro atoms. The van der Waals surface area contributed by atoms with Crippen molar-refractivity contribution in [2.75, 3.05) is 7.11 Å². The van der Waals surface area contributed by atoms with Gasteiger partial charge < -0.3 is 9.84 Å². The van der Waals surface area contributed by atoms with Crippen molar-refractivity contribution in [2.24, 2.45) is 0 Å². The predicted octanol–water partition coefficient (Wildman–Crippen LogP) is 1.69. The second-order valence-corrected chi connectivity index (χ2v) is 3.28. The Morgan fingerprint density at radius 1 is 1.27 bits per heavy atom. The van der Waals surface area contributed by atoms with Crippen LogP contribution >= 0.6 is 0 Å². The number of rotatable bonds is 2. The normalized spacial score (nSPS) is 12.7. The number of hydrogen-bond acceptors (Lipinski definition) is 4. The Labute approximate surface area is 87.6 Å². The van der Waals surface area contributed by atoms with Gasteiger partial charge in [0.05, 0.1) is 18.0 Å². The quantitative estimate of drug-likeness (QED) is 0.808. The molecule has 78 valence electrons. The van der Waals surface area contributed by atoms with Crippen LogP contribution in [0.1, 0.15) is 18.9 Å². The van der Waals surface area contributed by atoms with Gasteiger partial charge in [0.15, 0.2) is 5.82 Å². The third-order valence-electron chi connectivity index (χ3n) is 2.15. The monoisotopic (exact) mass is 204 g/mol. The van der Waals surface area contributed by atoms with E-state index in [-0.39, 0.29) is 0 Å². The molecule has 1 aromatic carbocycles. The summed E-state index contributed by atoms with van der Waals surface area (Å²) in [6.45, 7) is 1.63. The van der Waals surface area contributed by atoms with Crippen molar-refractivity contribution in [1.29, 1.82) is 0 Å². The first-order valence-electron chi connectivity index (χ1n) is 4.71. The molecule has 1 atom stereocenters. The van der Waals surface area contributed by atoms with E-state index in [1.54, 1.807) is 14.0 Å². The van der Waals surface area contributed by atoms with Gasteiger partial charge in [0.1, 0.15) is 6.10 Å². The first-order chi connectivity index (χ1) is 7.22. The van der Waals surface area contributed by atoms with Crippen molar-refractivity contribution < 1.29 is 9.84 Å². The van der Waals surface area contributed by atoms with Crippen LogP contribution in [0, 0.1) is 0 Å². The Bertz CT molecular complexity index is 483. The molecular formula is C11H12N2O2. The fourth-order valence-electron chi connectivity index (χ4n) is 1.41. The van der Waals surface area contributed by atoms with Crippen LogP contribution in [0.5, 0.6) is 5.88 Å². The van der Waals surface area contributed by atoms with Crippen LogP contribution in [0.4, 0.5) is 0 Å². The maximum absolute atomic E-state index is 9.42. The van der Waals surface area contributed by atoms with Crippen molar-refractivity contribution in [3.05, 3.63) is 30.1 Å². The van der Waals surface area contributed by atoms with E-state index in [4.69, 9.17) is 4.74 Å². The van der Waals surface area contributed by atoms with Gasteiger partial charge in [-0.2, -0.15) is 4.98 Å². The van der Waals surface area contributed by atoms with Crippen LogP contribution in [0.15, 0.2) is 24.3 Å². The molecule has 1 unspecified atom stereocenters. The summed E-state index contributed by atoms with van der Waals surface area (Å²) in [5.41, 5.74) is 0.778. The number of benzene rings is 1. The highest BCUT2D eigenvalue weighted by Gasteiger charge is 2.10. The molecule has 0 saturated carbocycles. The molecule has 2 aromatic rings. The number of aromatic nitrogens is 2. The Morgan fingerprint density at radius 2 is 2.00 bits per heavy atom. The second-order valence-electron chi connectivity index (χ2n) is 3.28. The van der Waals surface area contributed by atoms with E-state index in [0.717, 1.165) is 10.9 Å². The van der Waals surface area contributed by atoms with Gasteiger partial charge in [0.2, 0.25) is 5.88 Å².